The molecule has 0 saturated carbocycles. The molecule has 21 heavy (non-hydrogen) atoms. The summed E-state index contributed by atoms with van der Waals surface area (Å²) in [6.07, 6.45) is 4.01. The molecule has 1 aliphatic heterocycles. The molecular formula is C14H15ClF2N2O2. The Hall–Kier alpha value is -1.24. The maximum atomic E-state index is 13.3. The van der Waals surface area contributed by atoms with Gasteiger partial charge in [-0.2, -0.15) is 8.78 Å². The first-order chi connectivity index (χ1) is 10.1. The number of nitrogens with zero attached hydrogens (tertiary/aromatic N) is 2. The fourth-order valence-electron chi connectivity index (χ4n) is 2.52. The van der Waals surface area contributed by atoms with E-state index in [0.717, 1.165) is 23.8 Å². The second-order valence-corrected chi connectivity index (χ2v) is 5.34. The third kappa shape index (κ3) is 3.17. The number of hydrogen-bond donors (Lipinski definition) is 0. The molecular weight excluding hydrogens is 302 g/mol. The van der Waals surface area contributed by atoms with Gasteiger partial charge >= 0.3 is 6.55 Å². The summed E-state index contributed by atoms with van der Waals surface area (Å²) in [7, 11) is 0. The van der Waals surface area contributed by atoms with Gasteiger partial charge in [0, 0.05) is 18.2 Å². The maximum Gasteiger partial charge on any atom is 0.319 e. The van der Waals surface area contributed by atoms with Crippen LogP contribution in [0.3, 0.4) is 0 Å². The molecule has 3 heterocycles. The number of pyridine rings is 1. The van der Waals surface area contributed by atoms with Gasteiger partial charge < -0.3 is 9.47 Å². The quantitative estimate of drug-likeness (QED) is 0.796. The first kappa shape index (κ1) is 14.7. The smallest absolute Gasteiger partial charge is 0.319 e. The first-order valence-corrected chi connectivity index (χ1v) is 7.19. The van der Waals surface area contributed by atoms with Gasteiger partial charge in [-0.25, -0.2) is 4.98 Å². The van der Waals surface area contributed by atoms with Gasteiger partial charge in [-0.05, 0) is 31.4 Å². The molecule has 0 N–H and O–H groups in total. The second kappa shape index (κ2) is 6.25. The average Bonchev–Trinajstić information content (AvgIpc) is 2.84. The van der Waals surface area contributed by atoms with Crippen LogP contribution in [0.5, 0.6) is 0 Å². The molecule has 0 amide bonds. The molecule has 4 nitrogen and oxygen atoms in total. The summed E-state index contributed by atoms with van der Waals surface area (Å²) in [5.74, 6) is 0. The largest absolute Gasteiger partial charge is 0.353 e. The van der Waals surface area contributed by atoms with Crippen molar-refractivity contribution in [1.82, 2.24) is 9.55 Å². The van der Waals surface area contributed by atoms with Crippen LogP contribution in [-0.4, -0.2) is 22.4 Å². The highest BCUT2D eigenvalue weighted by Crippen LogP contribution is 2.28. The molecule has 114 valence electrons. The molecule has 1 fully saturated rings. The number of alkyl halides is 2. The highest BCUT2D eigenvalue weighted by atomic mass is 35.5. The van der Waals surface area contributed by atoms with E-state index in [4.69, 9.17) is 21.1 Å². The van der Waals surface area contributed by atoms with Crippen molar-refractivity contribution in [3.8, 4) is 0 Å². The van der Waals surface area contributed by atoms with Crippen molar-refractivity contribution in [2.75, 3.05) is 6.61 Å². The van der Waals surface area contributed by atoms with Crippen molar-refractivity contribution >= 4 is 22.5 Å². The minimum atomic E-state index is -2.66. The molecule has 0 aliphatic carbocycles. The van der Waals surface area contributed by atoms with Crippen LogP contribution in [0.2, 0.25) is 5.15 Å². The summed E-state index contributed by atoms with van der Waals surface area (Å²) in [4.78, 5) is 3.91. The molecule has 7 heteroatoms. The Kier molecular flexibility index (Phi) is 4.37. The lowest BCUT2D eigenvalue weighted by Crippen LogP contribution is -2.22. The topological polar surface area (TPSA) is 36.3 Å². The number of rotatable bonds is 4. The van der Waals surface area contributed by atoms with Gasteiger partial charge in [0.2, 0.25) is 0 Å². The van der Waals surface area contributed by atoms with Crippen molar-refractivity contribution in [1.29, 1.82) is 0 Å². The second-order valence-electron chi connectivity index (χ2n) is 4.96. The van der Waals surface area contributed by atoms with Gasteiger partial charge in [0.15, 0.2) is 6.29 Å². The monoisotopic (exact) mass is 316 g/mol. The number of fused-ring (bicyclic) bond motifs is 1. The minimum absolute atomic E-state index is 0.0707. The van der Waals surface area contributed by atoms with Crippen LogP contribution < -0.4 is 0 Å². The predicted octanol–water partition coefficient (Wildman–Crippen LogP) is 4.13. The van der Waals surface area contributed by atoms with Crippen LogP contribution in [0.25, 0.3) is 10.9 Å². The van der Waals surface area contributed by atoms with Crippen LogP contribution in [0.1, 0.15) is 31.5 Å². The van der Waals surface area contributed by atoms with Gasteiger partial charge in [-0.1, -0.05) is 11.6 Å². The summed E-state index contributed by atoms with van der Waals surface area (Å²) in [6, 6.07) is 3.08. The van der Waals surface area contributed by atoms with E-state index in [0.29, 0.717) is 23.2 Å². The Morgan fingerprint density at radius 1 is 1.43 bits per heavy atom. The van der Waals surface area contributed by atoms with Crippen molar-refractivity contribution in [2.45, 2.75) is 38.7 Å². The lowest BCUT2D eigenvalue weighted by molar-refractivity contribution is -0.170. The summed E-state index contributed by atoms with van der Waals surface area (Å²) in [5.41, 5.74) is 0.742. The third-order valence-corrected chi connectivity index (χ3v) is 3.73. The highest BCUT2D eigenvalue weighted by Gasteiger charge is 2.19. The Balaban J connectivity index is 1.84. The lowest BCUT2D eigenvalue weighted by atomic mass is 10.2. The maximum absolute atomic E-state index is 13.3. The Labute approximate surface area is 125 Å². The summed E-state index contributed by atoms with van der Waals surface area (Å²) >= 11 is 5.78. The molecule has 0 bridgehead atoms. The van der Waals surface area contributed by atoms with E-state index in [2.05, 4.69) is 4.98 Å². The standard InChI is InChI=1S/C14H15ClF2N2O2/c15-12-6-11-9(7-18-12)5-10(19(11)14(16)17)8-21-13-3-1-2-4-20-13/h5-7,13-14H,1-4,8H2. The van der Waals surface area contributed by atoms with Crippen LogP contribution >= 0.6 is 11.6 Å². The fraction of sp³-hybridized carbons (Fsp3) is 0.500. The molecule has 0 spiro atoms. The van der Waals surface area contributed by atoms with E-state index >= 15 is 0 Å². The van der Waals surface area contributed by atoms with Crippen molar-refractivity contribution in [3.63, 3.8) is 0 Å². The number of ether oxygens (including phenoxy) is 2. The lowest BCUT2D eigenvalue weighted by Gasteiger charge is -2.23. The van der Waals surface area contributed by atoms with Gasteiger partial charge in [0.1, 0.15) is 5.15 Å². The number of halogens is 3. The average molecular weight is 317 g/mol. The van der Waals surface area contributed by atoms with E-state index in [1.54, 1.807) is 6.07 Å². The van der Waals surface area contributed by atoms with Crippen molar-refractivity contribution < 1.29 is 18.3 Å². The van der Waals surface area contributed by atoms with Gasteiger partial charge in [-0.15, -0.1) is 0 Å². The predicted molar refractivity (Wildman–Crippen MR) is 74.4 cm³/mol. The van der Waals surface area contributed by atoms with E-state index in [9.17, 15) is 8.78 Å². The van der Waals surface area contributed by atoms with Crippen molar-refractivity contribution in [2.24, 2.45) is 0 Å². The SMILES string of the molecule is FC(F)n1c(COC2CCCCO2)cc2cnc(Cl)cc21. The third-order valence-electron chi connectivity index (χ3n) is 3.52. The molecule has 0 radical (unpaired) electrons. The van der Waals surface area contributed by atoms with Gasteiger partial charge in [0.25, 0.3) is 0 Å². The zero-order chi connectivity index (χ0) is 14.8. The number of hydrogen-bond acceptors (Lipinski definition) is 3. The van der Waals surface area contributed by atoms with E-state index in [-0.39, 0.29) is 18.1 Å². The molecule has 1 unspecified atom stereocenters. The van der Waals surface area contributed by atoms with E-state index in [1.165, 1.54) is 12.3 Å². The Morgan fingerprint density at radius 2 is 2.29 bits per heavy atom. The van der Waals surface area contributed by atoms with E-state index < -0.39 is 6.55 Å². The molecule has 0 aromatic carbocycles. The first-order valence-electron chi connectivity index (χ1n) is 6.82. The summed E-state index contributed by atoms with van der Waals surface area (Å²) in [6.45, 7) is -1.93. The highest BCUT2D eigenvalue weighted by molar-refractivity contribution is 6.30. The minimum Gasteiger partial charge on any atom is -0.353 e. The van der Waals surface area contributed by atoms with E-state index in [1.807, 2.05) is 0 Å². The molecule has 3 rings (SSSR count). The fourth-order valence-corrected chi connectivity index (χ4v) is 2.67. The van der Waals surface area contributed by atoms with Crippen LogP contribution in [0, 0.1) is 0 Å². The van der Waals surface area contributed by atoms with Crippen LogP contribution in [0.15, 0.2) is 18.3 Å². The van der Waals surface area contributed by atoms with Gasteiger partial charge in [0.05, 0.1) is 17.8 Å². The summed E-state index contributed by atoms with van der Waals surface area (Å²) in [5, 5.41) is 0.799. The molecule has 1 saturated heterocycles. The Bertz CT molecular complexity index is 627. The Morgan fingerprint density at radius 3 is 3.00 bits per heavy atom. The van der Waals surface area contributed by atoms with Crippen LogP contribution in [0.4, 0.5) is 8.78 Å². The molecule has 1 atom stereocenters. The summed E-state index contributed by atoms with van der Waals surface area (Å²) < 4.78 is 38.6. The zero-order valence-electron chi connectivity index (χ0n) is 11.3. The molecule has 2 aromatic heterocycles. The van der Waals surface area contributed by atoms with Gasteiger partial charge in [-0.3, -0.25) is 4.57 Å². The van der Waals surface area contributed by atoms with Crippen LogP contribution in [-0.2, 0) is 16.1 Å². The normalized spacial score (nSPS) is 19.5. The molecule has 1 aliphatic rings. The van der Waals surface area contributed by atoms with Crippen molar-refractivity contribution in [3.05, 3.63) is 29.2 Å². The zero-order valence-corrected chi connectivity index (χ0v) is 12.0. The molecule has 2 aromatic rings. The number of aromatic nitrogens is 2.